The average molecular weight is 252 g/mol. The highest BCUT2D eigenvalue weighted by Crippen LogP contribution is 2.32. The second-order valence-corrected chi connectivity index (χ2v) is 6.01. The van der Waals surface area contributed by atoms with Crippen molar-refractivity contribution in [1.82, 2.24) is 10.2 Å². The Morgan fingerprint density at radius 3 is 2.22 bits per heavy atom. The van der Waals surface area contributed by atoms with Gasteiger partial charge in [-0.25, -0.2) is 0 Å². The standard InChI is InChI=1S/C15H28N2O/c1-3-12-4-6-13(7-5-12)15(18)17-10-8-14(16-2)9-11-17/h12-14,16H,3-11H2,1-2H3. The first-order chi connectivity index (χ1) is 8.74. The van der Waals surface area contributed by atoms with Crippen molar-refractivity contribution in [2.45, 2.75) is 57.9 Å². The summed E-state index contributed by atoms with van der Waals surface area (Å²) >= 11 is 0. The van der Waals surface area contributed by atoms with Crippen LogP contribution in [0.1, 0.15) is 51.9 Å². The molecular weight excluding hydrogens is 224 g/mol. The summed E-state index contributed by atoms with van der Waals surface area (Å²) < 4.78 is 0. The van der Waals surface area contributed by atoms with Gasteiger partial charge in [-0.3, -0.25) is 4.79 Å². The van der Waals surface area contributed by atoms with E-state index in [4.69, 9.17) is 0 Å². The predicted octanol–water partition coefficient (Wildman–Crippen LogP) is 2.41. The van der Waals surface area contributed by atoms with E-state index in [1.165, 1.54) is 19.3 Å². The van der Waals surface area contributed by atoms with Crippen LogP contribution in [0, 0.1) is 11.8 Å². The zero-order valence-electron chi connectivity index (χ0n) is 12.0. The zero-order valence-corrected chi connectivity index (χ0v) is 12.0. The molecule has 0 aromatic rings. The molecule has 1 heterocycles. The van der Waals surface area contributed by atoms with E-state index in [-0.39, 0.29) is 0 Å². The van der Waals surface area contributed by atoms with Crippen LogP contribution in [-0.4, -0.2) is 37.0 Å². The van der Waals surface area contributed by atoms with Gasteiger partial charge in [0.2, 0.25) is 5.91 Å². The molecule has 0 bridgehead atoms. The lowest BCUT2D eigenvalue weighted by Crippen LogP contribution is -2.46. The molecule has 2 aliphatic rings. The van der Waals surface area contributed by atoms with Gasteiger partial charge in [-0.15, -0.1) is 0 Å². The molecule has 0 unspecified atom stereocenters. The van der Waals surface area contributed by atoms with Crippen LogP contribution in [0.2, 0.25) is 0 Å². The van der Waals surface area contributed by atoms with E-state index in [9.17, 15) is 4.79 Å². The van der Waals surface area contributed by atoms with Crippen molar-refractivity contribution in [1.29, 1.82) is 0 Å². The SMILES string of the molecule is CCC1CCC(C(=O)N2CCC(NC)CC2)CC1. The van der Waals surface area contributed by atoms with E-state index in [0.29, 0.717) is 17.9 Å². The molecule has 0 radical (unpaired) electrons. The van der Waals surface area contributed by atoms with Crippen LogP contribution in [0.3, 0.4) is 0 Å². The number of carbonyl (C=O) groups excluding carboxylic acids is 1. The van der Waals surface area contributed by atoms with Crippen LogP contribution in [0.5, 0.6) is 0 Å². The Morgan fingerprint density at radius 1 is 1.11 bits per heavy atom. The molecule has 0 aromatic heterocycles. The molecule has 2 fully saturated rings. The number of nitrogens with zero attached hydrogens (tertiary/aromatic N) is 1. The molecule has 1 N–H and O–H groups in total. The minimum Gasteiger partial charge on any atom is -0.342 e. The summed E-state index contributed by atoms with van der Waals surface area (Å²) in [4.78, 5) is 14.6. The van der Waals surface area contributed by atoms with Crippen molar-refractivity contribution in [3.05, 3.63) is 0 Å². The van der Waals surface area contributed by atoms with Crippen molar-refractivity contribution >= 4 is 5.91 Å². The molecule has 104 valence electrons. The number of piperidine rings is 1. The van der Waals surface area contributed by atoms with Gasteiger partial charge in [0.15, 0.2) is 0 Å². The second kappa shape index (κ2) is 6.55. The summed E-state index contributed by atoms with van der Waals surface area (Å²) in [6.07, 6.45) is 8.31. The lowest BCUT2D eigenvalue weighted by Gasteiger charge is -2.36. The highest BCUT2D eigenvalue weighted by molar-refractivity contribution is 5.79. The minimum absolute atomic E-state index is 0.332. The Bertz CT molecular complexity index is 238. The van der Waals surface area contributed by atoms with E-state index >= 15 is 0 Å². The summed E-state index contributed by atoms with van der Waals surface area (Å²) in [6, 6.07) is 0.616. The maximum Gasteiger partial charge on any atom is 0.225 e. The first-order valence-electron chi connectivity index (χ1n) is 7.70. The van der Waals surface area contributed by atoms with Gasteiger partial charge in [-0.2, -0.15) is 0 Å². The Labute approximate surface area is 111 Å². The van der Waals surface area contributed by atoms with E-state index in [1.54, 1.807) is 0 Å². The van der Waals surface area contributed by atoms with Crippen LogP contribution in [0.25, 0.3) is 0 Å². The topological polar surface area (TPSA) is 32.3 Å². The van der Waals surface area contributed by atoms with Gasteiger partial charge >= 0.3 is 0 Å². The monoisotopic (exact) mass is 252 g/mol. The smallest absolute Gasteiger partial charge is 0.225 e. The second-order valence-electron chi connectivity index (χ2n) is 6.01. The van der Waals surface area contributed by atoms with Crippen LogP contribution < -0.4 is 5.32 Å². The Morgan fingerprint density at radius 2 is 1.72 bits per heavy atom. The largest absolute Gasteiger partial charge is 0.342 e. The summed E-state index contributed by atoms with van der Waals surface area (Å²) in [5.41, 5.74) is 0. The molecule has 0 atom stereocenters. The van der Waals surface area contributed by atoms with Crippen LogP contribution >= 0.6 is 0 Å². The van der Waals surface area contributed by atoms with Crippen molar-refractivity contribution in [2.24, 2.45) is 11.8 Å². The minimum atomic E-state index is 0.332. The Hall–Kier alpha value is -0.570. The van der Waals surface area contributed by atoms with Crippen molar-refractivity contribution in [2.75, 3.05) is 20.1 Å². The summed E-state index contributed by atoms with van der Waals surface area (Å²) in [5, 5.41) is 3.32. The highest BCUT2D eigenvalue weighted by Gasteiger charge is 2.30. The summed E-state index contributed by atoms with van der Waals surface area (Å²) in [7, 11) is 2.02. The first kappa shape index (κ1) is 13.9. The molecule has 18 heavy (non-hydrogen) atoms. The average Bonchev–Trinajstić information content (AvgIpc) is 2.47. The number of amides is 1. The van der Waals surface area contributed by atoms with E-state index in [1.807, 2.05) is 7.05 Å². The van der Waals surface area contributed by atoms with E-state index < -0.39 is 0 Å². The van der Waals surface area contributed by atoms with Crippen molar-refractivity contribution in [3.8, 4) is 0 Å². The number of rotatable bonds is 3. The zero-order chi connectivity index (χ0) is 13.0. The fourth-order valence-corrected chi connectivity index (χ4v) is 3.46. The molecular formula is C15H28N2O. The van der Waals surface area contributed by atoms with Gasteiger partial charge < -0.3 is 10.2 Å². The molecule has 3 heteroatoms. The first-order valence-corrected chi connectivity index (χ1v) is 7.70. The third-order valence-corrected chi connectivity index (χ3v) is 4.99. The molecule has 1 aliphatic carbocycles. The molecule has 0 aromatic carbocycles. The summed E-state index contributed by atoms with van der Waals surface area (Å²) in [6.45, 7) is 4.19. The molecule has 1 aliphatic heterocycles. The van der Waals surface area contributed by atoms with Crippen molar-refractivity contribution in [3.63, 3.8) is 0 Å². The number of hydrogen-bond acceptors (Lipinski definition) is 2. The van der Waals surface area contributed by atoms with Gasteiger partial charge in [0, 0.05) is 25.0 Å². The van der Waals surface area contributed by atoms with Gasteiger partial charge in [-0.1, -0.05) is 13.3 Å². The number of hydrogen-bond donors (Lipinski definition) is 1. The third kappa shape index (κ3) is 3.25. The fraction of sp³-hybridized carbons (Fsp3) is 0.933. The number of carbonyl (C=O) groups is 1. The summed E-state index contributed by atoms with van der Waals surface area (Å²) in [5.74, 6) is 1.65. The van der Waals surface area contributed by atoms with Gasteiger partial charge in [0.05, 0.1) is 0 Å². The molecule has 2 rings (SSSR count). The molecule has 0 spiro atoms. The lowest BCUT2D eigenvalue weighted by molar-refractivity contribution is -0.138. The lowest BCUT2D eigenvalue weighted by atomic mass is 9.80. The van der Waals surface area contributed by atoms with Gasteiger partial charge in [0.25, 0.3) is 0 Å². The number of nitrogens with one attached hydrogen (secondary N) is 1. The van der Waals surface area contributed by atoms with Crippen LogP contribution in [0.15, 0.2) is 0 Å². The molecule has 1 saturated carbocycles. The van der Waals surface area contributed by atoms with Crippen LogP contribution in [-0.2, 0) is 4.79 Å². The fourth-order valence-electron chi connectivity index (χ4n) is 3.46. The maximum atomic E-state index is 12.4. The molecule has 3 nitrogen and oxygen atoms in total. The van der Waals surface area contributed by atoms with Gasteiger partial charge in [-0.05, 0) is 51.5 Å². The Balaban J connectivity index is 1.78. The number of likely N-dealkylation sites (tertiary alicyclic amines) is 1. The molecule has 1 saturated heterocycles. The normalized spacial score (nSPS) is 30.4. The quantitative estimate of drug-likeness (QED) is 0.836. The third-order valence-electron chi connectivity index (χ3n) is 4.99. The molecule has 1 amide bonds. The van der Waals surface area contributed by atoms with Crippen molar-refractivity contribution < 1.29 is 4.79 Å². The van der Waals surface area contributed by atoms with E-state index in [0.717, 1.165) is 44.7 Å². The van der Waals surface area contributed by atoms with E-state index in [2.05, 4.69) is 17.1 Å². The highest BCUT2D eigenvalue weighted by atomic mass is 16.2. The van der Waals surface area contributed by atoms with Gasteiger partial charge in [0.1, 0.15) is 0 Å². The predicted molar refractivity (Wildman–Crippen MR) is 74.4 cm³/mol. The maximum absolute atomic E-state index is 12.4. The van der Waals surface area contributed by atoms with Crippen LogP contribution in [0.4, 0.5) is 0 Å². The Kier molecular flexibility index (Phi) is 5.04.